The highest BCUT2D eigenvalue weighted by Gasteiger charge is 2.12. The van der Waals surface area contributed by atoms with E-state index < -0.39 is 6.10 Å². The smallest absolute Gasteiger partial charge is 0.191 e. The maximum atomic E-state index is 10.5. The van der Waals surface area contributed by atoms with Crippen LogP contribution in [0.2, 0.25) is 0 Å². The summed E-state index contributed by atoms with van der Waals surface area (Å²) in [5.74, 6) is 1.46. The van der Waals surface area contributed by atoms with Crippen molar-refractivity contribution in [2.45, 2.75) is 12.6 Å². The molecule has 1 atom stereocenters. The summed E-state index contributed by atoms with van der Waals surface area (Å²) < 4.78 is 11.7. The maximum Gasteiger partial charge on any atom is 0.191 e. The van der Waals surface area contributed by atoms with Gasteiger partial charge in [-0.3, -0.25) is 4.99 Å². The summed E-state index contributed by atoms with van der Waals surface area (Å²) in [4.78, 5) is 5.17. The molecule has 30 heavy (non-hydrogen) atoms. The maximum absolute atomic E-state index is 10.5. The molecule has 2 aromatic carbocycles. The molecule has 1 aromatic heterocycles. The zero-order valence-corrected chi connectivity index (χ0v) is 20.3. The number of benzene rings is 2. The minimum Gasteiger partial charge on any atom is -0.491 e. The van der Waals surface area contributed by atoms with E-state index in [9.17, 15) is 5.11 Å². The molecule has 0 spiro atoms. The molecule has 0 radical (unpaired) electrons. The molecule has 0 saturated heterocycles. The second kappa shape index (κ2) is 12.7. The van der Waals surface area contributed by atoms with Gasteiger partial charge >= 0.3 is 0 Å². The Morgan fingerprint density at radius 3 is 2.57 bits per heavy atom. The fraction of sp³-hybridized carbons (Fsp3) is 0.318. The van der Waals surface area contributed by atoms with E-state index in [2.05, 4.69) is 27.8 Å². The zero-order valence-electron chi connectivity index (χ0n) is 17.1. The SMILES string of the molecule is CN=C(NCc1ccc(OCCOC)cc1)NCC(O)c1cc2ccccc2s1.I. The molecule has 1 unspecified atom stereocenters. The van der Waals surface area contributed by atoms with Gasteiger partial charge in [0.1, 0.15) is 18.5 Å². The van der Waals surface area contributed by atoms with Gasteiger partial charge in [0.2, 0.25) is 0 Å². The Bertz CT molecular complexity index is 898. The van der Waals surface area contributed by atoms with Crippen molar-refractivity contribution in [3.05, 3.63) is 65.0 Å². The average molecular weight is 541 g/mol. The summed E-state index contributed by atoms with van der Waals surface area (Å²) in [5, 5.41) is 18.1. The Labute approximate surface area is 198 Å². The molecule has 1 heterocycles. The van der Waals surface area contributed by atoms with E-state index in [0.29, 0.717) is 32.3 Å². The fourth-order valence-corrected chi connectivity index (χ4v) is 3.86. The van der Waals surface area contributed by atoms with E-state index in [1.165, 1.54) is 4.70 Å². The standard InChI is InChI=1S/C22H27N3O3S.HI/c1-23-22(24-14-16-7-9-18(10-8-16)28-12-11-27-2)25-15-19(26)21-13-17-5-3-4-6-20(17)29-21;/h3-10,13,19,26H,11-12,14-15H2,1-2H3,(H2,23,24,25);1H. The number of methoxy groups -OCH3 is 1. The van der Waals surface area contributed by atoms with Gasteiger partial charge in [-0.15, -0.1) is 35.3 Å². The lowest BCUT2D eigenvalue weighted by Crippen LogP contribution is -2.38. The zero-order chi connectivity index (χ0) is 20.5. The fourth-order valence-electron chi connectivity index (χ4n) is 2.81. The van der Waals surface area contributed by atoms with Crippen molar-refractivity contribution in [1.82, 2.24) is 10.6 Å². The third kappa shape index (κ3) is 7.12. The van der Waals surface area contributed by atoms with Gasteiger partial charge in [-0.25, -0.2) is 0 Å². The van der Waals surface area contributed by atoms with Crippen LogP contribution in [0.15, 0.2) is 59.6 Å². The number of thiophene rings is 1. The Kier molecular flexibility index (Phi) is 10.4. The third-order valence-electron chi connectivity index (χ3n) is 4.40. The van der Waals surface area contributed by atoms with Crippen LogP contribution >= 0.6 is 35.3 Å². The molecule has 162 valence electrons. The molecular weight excluding hydrogens is 513 g/mol. The summed E-state index contributed by atoms with van der Waals surface area (Å²) >= 11 is 1.61. The lowest BCUT2D eigenvalue weighted by atomic mass is 10.2. The molecular formula is C22H28IN3O3S. The highest BCUT2D eigenvalue weighted by atomic mass is 127. The van der Waals surface area contributed by atoms with Crippen molar-refractivity contribution in [2.24, 2.45) is 4.99 Å². The minimum absolute atomic E-state index is 0. The number of hydrogen-bond donors (Lipinski definition) is 3. The quantitative estimate of drug-likeness (QED) is 0.166. The predicted octanol–water partition coefficient (Wildman–Crippen LogP) is 3.94. The molecule has 6 nitrogen and oxygen atoms in total. The summed E-state index contributed by atoms with van der Waals surface area (Å²) in [6, 6.07) is 18.1. The molecule has 0 saturated carbocycles. The number of halogens is 1. The number of aliphatic imine (C=N–C) groups is 1. The van der Waals surface area contributed by atoms with Crippen molar-refractivity contribution in [3.63, 3.8) is 0 Å². The first-order valence-corrected chi connectivity index (χ1v) is 10.3. The minimum atomic E-state index is -0.588. The molecule has 0 aliphatic heterocycles. The molecule has 8 heteroatoms. The lowest BCUT2D eigenvalue weighted by Gasteiger charge is -2.15. The monoisotopic (exact) mass is 541 g/mol. The Morgan fingerprint density at radius 2 is 1.87 bits per heavy atom. The second-order valence-corrected chi connectivity index (χ2v) is 7.61. The van der Waals surface area contributed by atoms with E-state index in [4.69, 9.17) is 9.47 Å². The molecule has 0 fully saturated rings. The summed E-state index contributed by atoms with van der Waals surface area (Å²) in [6.07, 6.45) is -0.588. The Morgan fingerprint density at radius 1 is 1.10 bits per heavy atom. The first-order valence-electron chi connectivity index (χ1n) is 9.51. The topological polar surface area (TPSA) is 75.1 Å². The van der Waals surface area contributed by atoms with Crippen LogP contribution in [0.1, 0.15) is 16.5 Å². The normalized spacial score (nSPS) is 12.3. The lowest BCUT2D eigenvalue weighted by molar-refractivity contribution is 0.146. The number of aliphatic hydroxyl groups excluding tert-OH is 1. The number of nitrogens with one attached hydrogen (secondary N) is 2. The highest BCUT2D eigenvalue weighted by molar-refractivity contribution is 14.0. The van der Waals surface area contributed by atoms with Crippen LogP contribution in [0.3, 0.4) is 0 Å². The molecule has 0 aliphatic rings. The first kappa shape index (κ1) is 24.4. The second-order valence-electron chi connectivity index (χ2n) is 6.49. The Balaban J connectivity index is 0.00000320. The van der Waals surface area contributed by atoms with E-state index in [1.54, 1.807) is 25.5 Å². The van der Waals surface area contributed by atoms with Gasteiger partial charge in [-0.1, -0.05) is 30.3 Å². The van der Waals surface area contributed by atoms with Gasteiger partial charge in [-0.05, 0) is 35.2 Å². The predicted molar refractivity (Wildman–Crippen MR) is 134 cm³/mol. The van der Waals surface area contributed by atoms with Crippen molar-refractivity contribution in [1.29, 1.82) is 0 Å². The van der Waals surface area contributed by atoms with Gasteiger partial charge in [-0.2, -0.15) is 0 Å². The van der Waals surface area contributed by atoms with Gasteiger partial charge in [0.25, 0.3) is 0 Å². The average Bonchev–Trinajstić information content (AvgIpc) is 3.19. The van der Waals surface area contributed by atoms with Crippen LogP contribution in [-0.2, 0) is 11.3 Å². The number of rotatable bonds is 9. The van der Waals surface area contributed by atoms with Crippen molar-refractivity contribution in [2.75, 3.05) is 33.9 Å². The molecule has 3 rings (SSSR count). The number of nitrogens with zero attached hydrogens (tertiary/aromatic N) is 1. The number of fused-ring (bicyclic) bond motifs is 1. The van der Waals surface area contributed by atoms with Crippen LogP contribution < -0.4 is 15.4 Å². The summed E-state index contributed by atoms with van der Waals surface area (Å²) in [7, 11) is 3.37. The van der Waals surface area contributed by atoms with E-state index in [0.717, 1.165) is 21.6 Å². The van der Waals surface area contributed by atoms with Crippen LogP contribution in [-0.4, -0.2) is 45.0 Å². The van der Waals surface area contributed by atoms with Crippen LogP contribution in [0, 0.1) is 0 Å². The number of ether oxygens (including phenoxy) is 2. The first-order chi connectivity index (χ1) is 14.2. The molecule has 0 bridgehead atoms. The van der Waals surface area contributed by atoms with Crippen LogP contribution in [0.25, 0.3) is 10.1 Å². The highest BCUT2D eigenvalue weighted by Crippen LogP contribution is 2.29. The van der Waals surface area contributed by atoms with Crippen molar-refractivity contribution >= 4 is 51.4 Å². The summed E-state index contributed by atoms with van der Waals surface area (Å²) in [5.41, 5.74) is 1.11. The van der Waals surface area contributed by atoms with E-state index >= 15 is 0 Å². The van der Waals surface area contributed by atoms with Crippen molar-refractivity contribution in [3.8, 4) is 5.75 Å². The molecule has 3 N–H and O–H groups in total. The molecule has 0 amide bonds. The van der Waals surface area contributed by atoms with Gasteiger partial charge in [0, 0.05) is 36.8 Å². The van der Waals surface area contributed by atoms with Gasteiger partial charge in [0.15, 0.2) is 5.96 Å². The number of guanidine groups is 1. The third-order valence-corrected chi connectivity index (χ3v) is 5.62. The van der Waals surface area contributed by atoms with Gasteiger partial charge in [0.05, 0.1) is 6.61 Å². The molecule has 3 aromatic rings. The number of aliphatic hydroxyl groups is 1. The Hall–Kier alpha value is -1.88. The van der Waals surface area contributed by atoms with E-state index in [-0.39, 0.29) is 24.0 Å². The van der Waals surface area contributed by atoms with Crippen LogP contribution in [0.4, 0.5) is 0 Å². The van der Waals surface area contributed by atoms with E-state index in [1.807, 2.05) is 42.5 Å². The number of hydrogen-bond acceptors (Lipinski definition) is 5. The largest absolute Gasteiger partial charge is 0.491 e. The van der Waals surface area contributed by atoms with Crippen molar-refractivity contribution < 1.29 is 14.6 Å². The summed E-state index contributed by atoms with van der Waals surface area (Å²) in [6.45, 7) is 2.11. The van der Waals surface area contributed by atoms with Crippen LogP contribution in [0.5, 0.6) is 5.75 Å². The van der Waals surface area contributed by atoms with Gasteiger partial charge < -0.3 is 25.2 Å². The molecule has 0 aliphatic carbocycles.